The molecular weight excluding hydrogens is 272 g/mol. The average molecular weight is 296 g/mol. The molecule has 0 aromatic carbocycles. The predicted octanol–water partition coefficient (Wildman–Crippen LogP) is 0.263. The molecule has 0 radical (unpaired) electrons. The van der Waals surface area contributed by atoms with E-state index in [1.165, 1.54) is 0 Å². The molecule has 0 aromatic rings. The summed E-state index contributed by atoms with van der Waals surface area (Å²) < 4.78 is 10.8. The van der Waals surface area contributed by atoms with Gasteiger partial charge in [0.1, 0.15) is 6.10 Å². The number of ether oxygens (including phenoxy) is 2. The monoisotopic (exact) mass is 296 g/mol. The van der Waals surface area contributed by atoms with Gasteiger partial charge in [-0.3, -0.25) is 9.59 Å². The lowest BCUT2D eigenvalue weighted by molar-refractivity contribution is -0.147. The maximum Gasteiger partial charge on any atom is 0.251 e. The lowest BCUT2D eigenvalue weighted by atomic mass is 9.95. The van der Waals surface area contributed by atoms with E-state index in [-0.39, 0.29) is 23.8 Å². The van der Waals surface area contributed by atoms with E-state index in [9.17, 15) is 9.59 Å². The molecule has 0 unspecified atom stereocenters. The summed E-state index contributed by atoms with van der Waals surface area (Å²) in [5, 5.41) is 0. The van der Waals surface area contributed by atoms with Crippen LogP contribution in [0.15, 0.2) is 0 Å². The lowest BCUT2D eigenvalue weighted by Crippen LogP contribution is -2.51. The first-order valence-electron chi connectivity index (χ1n) is 8.02. The average Bonchev–Trinajstić information content (AvgIpc) is 3.09. The summed E-state index contributed by atoms with van der Waals surface area (Å²) in [4.78, 5) is 28.7. The second-order valence-corrected chi connectivity index (χ2v) is 6.06. The Morgan fingerprint density at radius 2 is 1.67 bits per heavy atom. The maximum absolute atomic E-state index is 12.5. The van der Waals surface area contributed by atoms with Crippen molar-refractivity contribution in [3.8, 4) is 0 Å². The van der Waals surface area contributed by atoms with E-state index in [2.05, 4.69) is 0 Å². The number of hydrogen-bond acceptors (Lipinski definition) is 4. The molecule has 21 heavy (non-hydrogen) atoms. The molecule has 3 saturated heterocycles. The Balaban J connectivity index is 1.57. The highest BCUT2D eigenvalue weighted by Gasteiger charge is 2.35. The van der Waals surface area contributed by atoms with Gasteiger partial charge >= 0.3 is 0 Å². The summed E-state index contributed by atoms with van der Waals surface area (Å²) in [6.07, 6.45) is 3.28. The molecule has 0 aromatic heterocycles. The Hall–Kier alpha value is -1.14. The minimum absolute atomic E-state index is 0.0535. The minimum Gasteiger partial charge on any atom is -0.378 e. The second-order valence-electron chi connectivity index (χ2n) is 6.06. The third kappa shape index (κ3) is 3.37. The molecule has 0 aliphatic carbocycles. The van der Waals surface area contributed by atoms with Gasteiger partial charge in [0, 0.05) is 32.8 Å². The van der Waals surface area contributed by atoms with Crippen LogP contribution in [0.5, 0.6) is 0 Å². The first kappa shape index (κ1) is 14.8. The molecule has 0 saturated carbocycles. The molecule has 3 heterocycles. The third-order valence-electron chi connectivity index (χ3n) is 4.61. The number of nitrogens with zero attached hydrogens (tertiary/aromatic N) is 2. The van der Waals surface area contributed by atoms with Crippen molar-refractivity contribution >= 4 is 11.8 Å². The number of carbonyl (C=O) groups excluding carboxylic acids is 2. The van der Waals surface area contributed by atoms with Crippen LogP contribution >= 0.6 is 0 Å². The first-order chi connectivity index (χ1) is 10.3. The molecule has 0 N–H and O–H groups in total. The van der Waals surface area contributed by atoms with E-state index in [0.29, 0.717) is 39.5 Å². The molecular formula is C15H24N2O4. The van der Waals surface area contributed by atoms with Crippen molar-refractivity contribution in [2.24, 2.45) is 5.92 Å². The fourth-order valence-corrected chi connectivity index (χ4v) is 3.40. The van der Waals surface area contributed by atoms with Gasteiger partial charge in [-0.15, -0.1) is 0 Å². The van der Waals surface area contributed by atoms with Crippen molar-refractivity contribution in [3.63, 3.8) is 0 Å². The number of amides is 2. The summed E-state index contributed by atoms with van der Waals surface area (Å²) in [5.41, 5.74) is 0. The van der Waals surface area contributed by atoms with E-state index in [4.69, 9.17) is 9.47 Å². The van der Waals surface area contributed by atoms with Crippen LogP contribution in [-0.4, -0.2) is 73.7 Å². The Morgan fingerprint density at radius 3 is 2.38 bits per heavy atom. The van der Waals surface area contributed by atoms with Crippen LogP contribution in [0, 0.1) is 5.92 Å². The zero-order valence-corrected chi connectivity index (χ0v) is 12.5. The largest absolute Gasteiger partial charge is 0.378 e. The molecule has 3 fully saturated rings. The van der Waals surface area contributed by atoms with Crippen molar-refractivity contribution < 1.29 is 19.1 Å². The normalized spacial score (nSPS) is 30.5. The third-order valence-corrected chi connectivity index (χ3v) is 4.61. The van der Waals surface area contributed by atoms with Gasteiger partial charge in [0.05, 0.1) is 19.1 Å². The van der Waals surface area contributed by atoms with Crippen molar-refractivity contribution in [2.75, 3.05) is 46.0 Å². The van der Waals surface area contributed by atoms with Gasteiger partial charge in [-0.2, -0.15) is 0 Å². The Labute approximate surface area is 125 Å². The van der Waals surface area contributed by atoms with Gasteiger partial charge < -0.3 is 19.3 Å². The SMILES string of the molecule is O=C([C@H]1CCCN(C(=O)[C@H]2CCCO2)C1)N1CCOCC1. The van der Waals surface area contributed by atoms with E-state index in [0.717, 1.165) is 32.2 Å². The lowest BCUT2D eigenvalue weighted by Gasteiger charge is -2.36. The number of hydrogen-bond donors (Lipinski definition) is 0. The minimum atomic E-state index is -0.276. The van der Waals surface area contributed by atoms with Crippen LogP contribution in [-0.2, 0) is 19.1 Å². The number of likely N-dealkylation sites (tertiary alicyclic amines) is 1. The quantitative estimate of drug-likeness (QED) is 0.733. The van der Waals surface area contributed by atoms with Crippen LogP contribution in [0.3, 0.4) is 0 Å². The van der Waals surface area contributed by atoms with Crippen molar-refractivity contribution in [2.45, 2.75) is 31.8 Å². The van der Waals surface area contributed by atoms with E-state index < -0.39 is 0 Å². The van der Waals surface area contributed by atoms with Gasteiger partial charge in [0.2, 0.25) is 5.91 Å². The van der Waals surface area contributed by atoms with Gasteiger partial charge in [0.25, 0.3) is 5.91 Å². The molecule has 3 aliphatic rings. The molecule has 118 valence electrons. The summed E-state index contributed by atoms with van der Waals surface area (Å²) in [6.45, 7) is 4.58. The van der Waals surface area contributed by atoms with Crippen LogP contribution in [0.25, 0.3) is 0 Å². The maximum atomic E-state index is 12.5. The van der Waals surface area contributed by atoms with Crippen LogP contribution < -0.4 is 0 Å². The highest BCUT2D eigenvalue weighted by Crippen LogP contribution is 2.22. The Bertz CT molecular complexity index is 389. The van der Waals surface area contributed by atoms with Crippen LogP contribution in [0.2, 0.25) is 0 Å². The zero-order valence-electron chi connectivity index (χ0n) is 12.5. The molecule has 6 heteroatoms. The Morgan fingerprint density at radius 1 is 0.857 bits per heavy atom. The Kier molecular flexibility index (Phi) is 4.75. The van der Waals surface area contributed by atoms with Crippen molar-refractivity contribution in [1.82, 2.24) is 9.80 Å². The number of piperidine rings is 1. The molecule has 0 spiro atoms. The zero-order chi connectivity index (χ0) is 14.7. The van der Waals surface area contributed by atoms with Gasteiger partial charge in [0.15, 0.2) is 0 Å². The fourth-order valence-electron chi connectivity index (χ4n) is 3.40. The number of rotatable bonds is 2. The number of morpholine rings is 1. The van der Waals surface area contributed by atoms with E-state index in [1.807, 2.05) is 9.80 Å². The highest BCUT2D eigenvalue weighted by atomic mass is 16.5. The van der Waals surface area contributed by atoms with Gasteiger partial charge in [-0.05, 0) is 25.7 Å². The molecule has 6 nitrogen and oxygen atoms in total. The summed E-state index contributed by atoms with van der Waals surface area (Å²) in [7, 11) is 0. The van der Waals surface area contributed by atoms with Gasteiger partial charge in [-0.1, -0.05) is 0 Å². The fraction of sp³-hybridized carbons (Fsp3) is 0.867. The predicted molar refractivity (Wildman–Crippen MR) is 75.7 cm³/mol. The molecule has 2 amide bonds. The standard InChI is InChI=1S/C15H24N2O4/c18-14(16-6-9-20-10-7-16)12-3-1-5-17(11-12)15(19)13-4-2-8-21-13/h12-13H,1-11H2/t12-,13+/m0/s1. The van der Waals surface area contributed by atoms with Gasteiger partial charge in [-0.25, -0.2) is 0 Å². The topological polar surface area (TPSA) is 59.1 Å². The second kappa shape index (κ2) is 6.75. The summed E-state index contributed by atoms with van der Waals surface area (Å²) >= 11 is 0. The molecule has 2 atom stereocenters. The van der Waals surface area contributed by atoms with Crippen LogP contribution in [0.1, 0.15) is 25.7 Å². The summed E-state index contributed by atoms with van der Waals surface area (Å²) in [5.74, 6) is 0.206. The van der Waals surface area contributed by atoms with Crippen molar-refractivity contribution in [3.05, 3.63) is 0 Å². The smallest absolute Gasteiger partial charge is 0.251 e. The first-order valence-corrected chi connectivity index (χ1v) is 8.02. The highest BCUT2D eigenvalue weighted by molar-refractivity contribution is 5.83. The molecule has 0 bridgehead atoms. The van der Waals surface area contributed by atoms with E-state index in [1.54, 1.807) is 0 Å². The number of carbonyl (C=O) groups is 2. The summed E-state index contributed by atoms with van der Waals surface area (Å²) in [6, 6.07) is 0. The molecule has 3 rings (SSSR count). The van der Waals surface area contributed by atoms with Crippen LogP contribution in [0.4, 0.5) is 0 Å². The molecule has 3 aliphatic heterocycles. The van der Waals surface area contributed by atoms with E-state index >= 15 is 0 Å². The van der Waals surface area contributed by atoms with Crippen molar-refractivity contribution in [1.29, 1.82) is 0 Å².